The van der Waals surface area contributed by atoms with Crippen LogP contribution in [0, 0.1) is 11.8 Å². The summed E-state index contributed by atoms with van der Waals surface area (Å²) in [6, 6.07) is 7.82. The van der Waals surface area contributed by atoms with Crippen molar-refractivity contribution in [3.63, 3.8) is 0 Å². The molecule has 0 bridgehead atoms. The number of anilines is 1. The number of nitrogens with zero attached hydrogens (tertiary/aromatic N) is 3. The Morgan fingerprint density at radius 1 is 1.23 bits per heavy atom. The second kappa shape index (κ2) is 8.30. The van der Waals surface area contributed by atoms with Gasteiger partial charge in [-0.25, -0.2) is 0 Å². The molecule has 0 N–H and O–H groups in total. The highest BCUT2D eigenvalue weighted by Gasteiger charge is 2.37. The quantitative estimate of drug-likeness (QED) is 0.792. The molecule has 142 valence electrons. The van der Waals surface area contributed by atoms with Crippen LogP contribution < -0.4 is 4.90 Å². The van der Waals surface area contributed by atoms with Crippen LogP contribution >= 0.6 is 11.6 Å². The number of likely N-dealkylation sites (tertiary alicyclic amines) is 1. The molecule has 1 atom stereocenters. The highest BCUT2D eigenvalue weighted by atomic mass is 35.5. The van der Waals surface area contributed by atoms with Gasteiger partial charge in [0, 0.05) is 56.4 Å². The predicted octanol–water partition coefficient (Wildman–Crippen LogP) is 2.88. The summed E-state index contributed by atoms with van der Waals surface area (Å²) < 4.78 is 0. The van der Waals surface area contributed by atoms with Crippen LogP contribution in [0.2, 0.25) is 5.02 Å². The minimum atomic E-state index is -0.174. The third-order valence-corrected chi connectivity index (χ3v) is 5.54. The molecule has 6 heteroatoms. The van der Waals surface area contributed by atoms with E-state index in [1.807, 2.05) is 34.1 Å². The van der Waals surface area contributed by atoms with Gasteiger partial charge in [0.05, 0.1) is 5.92 Å². The fourth-order valence-electron chi connectivity index (χ4n) is 3.68. The minimum absolute atomic E-state index is 0.126. The molecule has 1 aromatic rings. The Bertz CT molecular complexity index is 656. The van der Waals surface area contributed by atoms with Crippen LogP contribution in [0.3, 0.4) is 0 Å². The van der Waals surface area contributed by atoms with E-state index < -0.39 is 0 Å². The first kappa shape index (κ1) is 19.0. The normalized spacial score (nSPS) is 21.0. The van der Waals surface area contributed by atoms with Crippen molar-refractivity contribution in [2.45, 2.75) is 26.7 Å². The van der Waals surface area contributed by atoms with E-state index in [1.54, 1.807) is 0 Å². The SMILES string of the molecule is CC(C)CCN1CC(C(=O)N2CCN(c3cccc(Cl)c3)CC2)CC1=O. The Balaban J connectivity index is 1.51. The van der Waals surface area contributed by atoms with Crippen molar-refractivity contribution < 1.29 is 9.59 Å². The lowest BCUT2D eigenvalue weighted by molar-refractivity contribution is -0.136. The maximum atomic E-state index is 12.8. The van der Waals surface area contributed by atoms with Crippen LogP contribution in [0.15, 0.2) is 24.3 Å². The Morgan fingerprint density at radius 2 is 1.96 bits per heavy atom. The molecule has 2 aliphatic heterocycles. The number of piperazine rings is 1. The largest absolute Gasteiger partial charge is 0.368 e. The van der Waals surface area contributed by atoms with Crippen LogP contribution in [0.5, 0.6) is 0 Å². The molecule has 1 unspecified atom stereocenters. The topological polar surface area (TPSA) is 43.9 Å². The van der Waals surface area contributed by atoms with Crippen LogP contribution in [-0.2, 0) is 9.59 Å². The third-order valence-electron chi connectivity index (χ3n) is 5.30. The first-order valence-corrected chi connectivity index (χ1v) is 9.89. The Kier molecular flexibility index (Phi) is 6.07. The van der Waals surface area contributed by atoms with Crippen molar-refractivity contribution in [1.82, 2.24) is 9.80 Å². The van der Waals surface area contributed by atoms with E-state index in [0.29, 0.717) is 32.0 Å². The van der Waals surface area contributed by atoms with Gasteiger partial charge in [0.1, 0.15) is 0 Å². The zero-order chi connectivity index (χ0) is 18.7. The van der Waals surface area contributed by atoms with E-state index in [-0.39, 0.29) is 17.7 Å². The first-order valence-electron chi connectivity index (χ1n) is 9.51. The summed E-state index contributed by atoms with van der Waals surface area (Å²) in [6.07, 6.45) is 1.36. The summed E-state index contributed by atoms with van der Waals surface area (Å²) in [5.74, 6) is 0.655. The van der Waals surface area contributed by atoms with E-state index >= 15 is 0 Å². The highest BCUT2D eigenvalue weighted by Crippen LogP contribution is 2.24. The molecule has 2 saturated heterocycles. The summed E-state index contributed by atoms with van der Waals surface area (Å²) in [5.41, 5.74) is 1.10. The molecular weight excluding hydrogens is 350 g/mol. The van der Waals surface area contributed by atoms with Gasteiger partial charge in [-0.3, -0.25) is 9.59 Å². The van der Waals surface area contributed by atoms with Gasteiger partial charge in [-0.05, 0) is 30.5 Å². The van der Waals surface area contributed by atoms with Crippen molar-refractivity contribution in [3.8, 4) is 0 Å². The number of amides is 2. The highest BCUT2D eigenvalue weighted by molar-refractivity contribution is 6.30. The molecule has 1 aromatic carbocycles. The number of carbonyl (C=O) groups is 2. The number of hydrogen-bond donors (Lipinski definition) is 0. The molecular formula is C20H28ClN3O2. The van der Waals surface area contributed by atoms with Crippen LogP contribution in [-0.4, -0.2) is 60.9 Å². The molecule has 2 aliphatic rings. The van der Waals surface area contributed by atoms with Gasteiger partial charge >= 0.3 is 0 Å². The van der Waals surface area contributed by atoms with Crippen molar-refractivity contribution in [3.05, 3.63) is 29.3 Å². The molecule has 0 saturated carbocycles. The molecule has 2 heterocycles. The zero-order valence-electron chi connectivity index (χ0n) is 15.7. The van der Waals surface area contributed by atoms with Gasteiger partial charge in [0.2, 0.25) is 11.8 Å². The number of halogens is 1. The number of carbonyl (C=O) groups excluding carboxylic acids is 2. The molecule has 5 nitrogen and oxygen atoms in total. The lowest BCUT2D eigenvalue weighted by Crippen LogP contribution is -2.50. The van der Waals surface area contributed by atoms with E-state index in [1.165, 1.54) is 0 Å². The Morgan fingerprint density at radius 3 is 2.62 bits per heavy atom. The van der Waals surface area contributed by atoms with Gasteiger partial charge < -0.3 is 14.7 Å². The molecule has 0 radical (unpaired) electrons. The fourth-order valence-corrected chi connectivity index (χ4v) is 3.87. The molecule has 2 amide bonds. The van der Waals surface area contributed by atoms with E-state index in [4.69, 9.17) is 11.6 Å². The molecule has 2 fully saturated rings. The molecule has 0 aromatic heterocycles. The molecule has 3 rings (SSSR count). The zero-order valence-corrected chi connectivity index (χ0v) is 16.4. The van der Waals surface area contributed by atoms with Crippen molar-refractivity contribution in [2.24, 2.45) is 11.8 Å². The summed E-state index contributed by atoms with van der Waals surface area (Å²) in [6.45, 7) is 8.64. The Labute approximate surface area is 160 Å². The fraction of sp³-hybridized carbons (Fsp3) is 0.600. The summed E-state index contributed by atoms with van der Waals surface area (Å²) in [5, 5.41) is 0.729. The van der Waals surface area contributed by atoms with Crippen LogP contribution in [0.1, 0.15) is 26.7 Å². The van der Waals surface area contributed by atoms with Crippen molar-refractivity contribution in [2.75, 3.05) is 44.2 Å². The molecule has 0 aliphatic carbocycles. The third kappa shape index (κ3) is 4.50. The predicted molar refractivity (Wildman–Crippen MR) is 104 cm³/mol. The van der Waals surface area contributed by atoms with Gasteiger partial charge in [-0.2, -0.15) is 0 Å². The smallest absolute Gasteiger partial charge is 0.228 e. The number of rotatable bonds is 5. The number of hydrogen-bond acceptors (Lipinski definition) is 3. The van der Waals surface area contributed by atoms with Gasteiger partial charge in [-0.1, -0.05) is 31.5 Å². The lowest BCUT2D eigenvalue weighted by atomic mass is 10.1. The second-order valence-electron chi connectivity index (χ2n) is 7.72. The first-order chi connectivity index (χ1) is 12.4. The maximum Gasteiger partial charge on any atom is 0.228 e. The van der Waals surface area contributed by atoms with Crippen LogP contribution in [0.4, 0.5) is 5.69 Å². The lowest BCUT2D eigenvalue weighted by Gasteiger charge is -2.37. The van der Waals surface area contributed by atoms with Crippen molar-refractivity contribution in [1.29, 1.82) is 0 Å². The van der Waals surface area contributed by atoms with Crippen molar-refractivity contribution >= 4 is 29.1 Å². The summed E-state index contributed by atoms with van der Waals surface area (Å²) in [7, 11) is 0. The van der Waals surface area contributed by atoms with Gasteiger partial charge in [0.15, 0.2) is 0 Å². The number of benzene rings is 1. The maximum absolute atomic E-state index is 12.8. The monoisotopic (exact) mass is 377 g/mol. The van der Waals surface area contributed by atoms with Gasteiger partial charge in [-0.15, -0.1) is 0 Å². The van der Waals surface area contributed by atoms with Crippen LogP contribution in [0.25, 0.3) is 0 Å². The average Bonchev–Trinajstić information content (AvgIpc) is 3.00. The Hall–Kier alpha value is -1.75. The molecule has 0 spiro atoms. The average molecular weight is 378 g/mol. The summed E-state index contributed by atoms with van der Waals surface area (Å²) >= 11 is 6.07. The van der Waals surface area contributed by atoms with E-state index in [9.17, 15) is 9.59 Å². The summed E-state index contributed by atoms with van der Waals surface area (Å²) in [4.78, 5) is 31.1. The van der Waals surface area contributed by atoms with E-state index in [2.05, 4.69) is 18.7 Å². The van der Waals surface area contributed by atoms with Gasteiger partial charge in [0.25, 0.3) is 0 Å². The molecule has 26 heavy (non-hydrogen) atoms. The second-order valence-corrected chi connectivity index (χ2v) is 8.15. The minimum Gasteiger partial charge on any atom is -0.368 e. The van der Waals surface area contributed by atoms with E-state index in [0.717, 1.165) is 36.8 Å². The standard InChI is InChI=1S/C20H28ClN3O2/c1-15(2)6-7-24-14-16(12-19(24)25)20(26)23-10-8-22(9-11-23)18-5-3-4-17(21)13-18/h3-5,13,15-16H,6-12,14H2,1-2H3.